The molecule has 0 aliphatic heterocycles. The molecule has 0 saturated heterocycles. The minimum Gasteiger partial charge on any atom is -0.494 e. The lowest BCUT2D eigenvalue weighted by Gasteiger charge is -2.10. The summed E-state index contributed by atoms with van der Waals surface area (Å²) in [5.74, 6) is 0.806. The summed E-state index contributed by atoms with van der Waals surface area (Å²) in [7, 11) is 0. The molecule has 0 heterocycles. The van der Waals surface area contributed by atoms with Crippen molar-refractivity contribution in [1.29, 1.82) is 0 Å². The molecule has 0 unspecified atom stereocenters. The molecule has 0 aliphatic rings. The molecule has 0 atom stereocenters. The van der Waals surface area contributed by atoms with Crippen LogP contribution in [0, 0.1) is 5.82 Å². The molecule has 0 radical (unpaired) electrons. The molecular formula is C12H17FO. The van der Waals surface area contributed by atoms with Gasteiger partial charge < -0.3 is 4.74 Å². The van der Waals surface area contributed by atoms with Gasteiger partial charge in [-0.3, -0.25) is 0 Å². The van der Waals surface area contributed by atoms with E-state index in [-0.39, 0.29) is 11.7 Å². The molecule has 1 nitrogen and oxygen atoms in total. The van der Waals surface area contributed by atoms with Gasteiger partial charge in [0, 0.05) is 0 Å². The molecule has 1 aromatic rings. The van der Waals surface area contributed by atoms with Crippen LogP contribution in [0.2, 0.25) is 0 Å². The first-order valence-corrected chi connectivity index (χ1v) is 5.07. The van der Waals surface area contributed by atoms with Gasteiger partial charge in [0.2, 0.25) is 0 Å². The lowest BCUT2D eigenvalue weighted by atomic mass is 10.0. The van der Waals surface area contributed by atoms with E-state index in [1.165, 1.54) is 6.07 Å². The third-order valence-electron chi connectivity index (χ3n) is 2.06. The smallest absolute Gasteiger partial charge is 0.126 e. The Morgan fingerprint density at radius 2 is 2.07 bits per heavy atom. The van der Waals surface area contributed by atoms with Crippen molar-refractivity contribution in [3.63, 3.8) is 0 Å². The number of benzene rings is 1. The molecule has 0 aliphatic carbocycles. The Kier molecular flexibility index (Phi) is 3.93. The zero-order valence-corrected chi connectivity index (χ0v) is 9.01. The number of hydrogen-bond donors (Lipinski definition) is 0. The average Bonchev–Trinajstić information content (AvgIpc) is 2.16. The largest absolute Gasteiger partial charge is 0.494 e. The monoisotopic (exact) mass is 196 g/mol. The van der Waals surface area contributed by atoms with Crippen molar-refractivity contribution in [3.05, 3.63) is 29.6 Å². The molecule has 14 heavy (non-hydrogen) atoms. The van der Waals surface area contributed by atoms with Crippen LogP contribution in [0.15, 0.2) is 18.2 Å². The highest BCUT2D eigenvalue weighted by atomic mass is 19.1. The lowest BCUT2D eigenvalue weighted by molar-refractivity contribution is 0.316. The highest BCUT2D eigenvalue weighted by molar-refractivity contribution is 5.31. The fourth-order valence-electron chi connectivity index (χ4n) is 1.27. The predicted octanol–water partition coefficient (Wildman–Crippen LogP) is 3.74. The van der Waals surface area contributed by atoms with Crippen LogP contribution in [0.1, 0.15) is 38.7 Å². The SMILES string of the molecule is CCCOc1ccc(F)c(C(C)C)c1. The standard InChI is InChI=1S/C12H17FO/c1-4-7-14-10-5-6-12(13)11(8-10)9(2)3/h5-6,8-9H,4,7H2,1-3H3. The quantitative estimate of drug-likeness (QED) is 0.712. The third kappa shape index (κ3) is 2.72. The van der Waals surface area contributed by atoms with Gasteiger partial charge in [-0.25, -0.2) is 4.39 Å². The van der Waals surface area contributed by atoms with Crippen LogP contribution < -0.4 is 4.74 Å². The Labute approximate surface area is 84.9 Å². The summed E-state index contributed by atoms with van der Waals surface area (Å²) < 4.78 is 18.7. The van der Waals surface area contributed by atoms with Gasteiger partial charge in [-0.1, -0.05) is 20.8 Å². The van der Waals surface area contributed by atoms with E-state index in [4.69, 9.17) is 4.74 Å². The maximum absolute atomic E-state index is 13.3. The van der Waals surface area contributed by atoms with E-state index < -0.39 is 0 Å². The number of halogens is 1. The summed E-state index contributed by atoms with van der Waals surface area (Å²) in [6.07, 6.45) is 0.967. The second-order valence-corrected chi connectivity index (χ2v) is 3.69. The first kappa shape index (κ1) is 11.0. The molecule has 0 fully saturated rings. The van der Waals surface area contributed by atoms with Crippen LogP contribution in [0.25, 0.3) is 0 Å². The van der Waals surface area contributed by atoms with E-state index in [1.807, 2.05) is 20.8 Å². The summed E-state index contributed by atoms with van der Waals surface area (Å²) >= 11 is 0. The topological polar surface area (TPSA) is 9.23 Å². The zero-order valence-electron chi connectivity index (χ0n) is 9.01. The Bertz CT molecular complexity index is 294. The zero-order chi connectivity index (χ0) is 10.6. The van der Waals surface area contributed by atoms with Crippen molar-refractivity contribution in [3.8, 4) is 5.75 Å². The van der Waals surface area contributed by atoms with Crippen molar-refractivity contribution < 1.29 is 9.13 Å². The number of rotatable bonds is 4. The minimum absolute atomic E-state index is 0.149. The van der Waals surface area contributed by atoms with Crippen molar-refractivity contribution in [2.75, 3.05) is 6.61 Å². The Hall–Kier alpha value is -1.05. The van der Waals surface area contributed by atoms with E-state index >= 15 is 0 Å². The summed E-state index contributed by atoms with van der Waals surface area (Å²) in [6, 6.07) is 4.94. The van der Waals surface area contributed by atoms with Crippen LogP contribution in [0.3, 0.4) is 0 Å². The predicted molar refractivity (Wildman–Crippen MR) is 56.3 cm³/mol. The van der Waals surface area contributed by atoms with Gasteiger partial charge in [0.25, 0.3) is 0 Å². The van der Waals surface area contributed by atoms with Crippen LogP contribution in [0.5, 0.6) is 5.75 Å². The Morgan fingerprint density at radius 1 is 1.36 bits per heavy atom. The minimum atomic E-state index is -0.149. The second-order valence-electron chi connectivity index (χ2n) is 3.69. The van der Waals surface area contributed by atoms with E-state index in [0.29, 0.717) is 6.61 Å². The normalized spacial score (nSPS) is 10.6. The highest BCUT2D eigenvalue weighted by Crippen LogP contribution is 2.23. The van der Waals surface area contributed by atoms with Gasteiger partial charge in [0.05, 0.1) is 6.61 Å². The maximum atomic E-state index is 13.3. The average molecular weight is 196 g/mol. The molecule has 0 spiro atoms. The molecule has 2 heteroatoms. The van der Waals surface area contributed by atoms with Crippen molar-refractivity contribution >= 4 is 0 Å². The summed E-state index contributed by atoms with van der Waals surface area (Å²) in [5.41, 5.74) is 0.721. The lowest BCUT2D eigenvalue weighted by Crippen LogP contribution is -1.98. The van der Waals surface area contributed by atoms with Crippen LogP contribution >= 0.6 is 0 Å². The summed E-state index contributed by atoms with van der Waals surface area (Å²) in [6.45, 7) is 6.68. The summed E-state index contributed by atoms with van der Waals surface area (Å²) in [5, 5.41) is 0. The molecule has 0 bridgehead atoms. The van der Waals surface area contributed by atoms with Crippen molar-refractivity contribution in [2.24, 2.45) is 0 Å². The van der Waals surface area contributed by atoms with Gasteiger partial charge in [-0.15, -0.1) is 0 Å². The third-order valence-corrected chi connectivity index (χ3v) is 2.06. The maximum Gasteiger partial charge on any atom is 0.126 e. The molecular weight excluding hydrogens is 179 g/mol. The van der Waals surface area contributed by atoms with Crippen molar-refractivity contribution in [1.82, 2.24) is 0 Å². The molecule has 1 aromatic carbocycles. The highest BCUT2D eigenvalue weighted by Gasteiger charge is 2.07. The second kappa shape index (κ2) is 4.99. The van der Waals surface area contributed by atoms with Crippen molar-refractivity contribution in [2.45, 2.75) is 33.1 Å². The molecule has 0 saturated carbocycles. The van der Waals surface area contributed by atoms with Crippen LogP contribution in [0.4, 0.5) is 4.39 Å². The molecule has 1 rings (SSSR count). The van der Waals surface area contributed by atoms with E-state index in [9.17, 15) is 4.39 Å². The van der Waals surface area contributed by atoms with Gasteiger partial charge >= 0.3 is 0 Å². The molecule has 0 aromatic heterocycles. The number of hydrogen-bond acceptors (Lipinski definition) is 1. The van der Waals surface area contributed by atoms with E-state index in [0.717, 1.165) is 17.7 Å². The van der Waals surface area contributed by atoms with Gasteiger partial charge in [-0.2, -0.15) is 0 Å². The van der Waals surface area contributed by atoms with Crippen LogP contribution in [-0.4, -0.2) is 6.61 Å². The number of ether oxygens (including phenoxy) is 1. The molecule has 78 valence electrons. The fourth-order valence-corrected chi connectivity index (χ4v) is 1.27. The first-order chi connectivity index (χ1) is 6.65. The Balaban J connectivity index is 2.83. The van der Waals surface area contributed by atoms with Gasteiger partial charge in [0.15, 0.2) is 0 Å². The molecule has 0 amide bonds. The summed E-state index contributed by atoms with van der Waals surface area (Å²) in [4.78, 5) is 0. The van der Waals surface area contributed by atoms with E-state index in [1.54, 1.807) is 12.1 Å². The van der Waals surface area contributed by atoms with Gasteiger partial charge in [-0.05, 0) is 36.1 Å². The van der Waals surface area contributed by atoms with E-state index in [2.05, 4.69) is 0 Å². The first-order valence-electron chi connectivity index (χ1n) is 5.07. The Morgan fingerprint density at radius 3 is 2.64 bits per heavy atom. The molecule has 0 N–H and O–H groups in total. The van der Waals surface area contributed by atoms with Gasteiger partial charge in [0.1, 0.15) is 11.6 Å². The van der Waals surface area contributed by atoms with Crippen LogP contribution in [-0.2, 0) is 0 Å². The fraction of sp³-hybridized carbons (Fsp3) is 0.500.